The summed E-state index contributed by atoms with van der Waals surface area (Å²) in [5.74, 6) is 0.231. The molecule has 0 aliphatic heterocycles. The van der Waals surface area contributed by atoms with Gasteiger partial charge in [-0.1, -0.05) is 29.8 Å². The molecule has 5 nitrogen and oxygen atoms in total. The third-order valence-corrected chi connectivity index (χ3v) is 3.70. The molecule has 3 aromatic rings. The number of hydrogen-bond acceptors (Lipinski definition) is 5. The zero-order valence-electron chi connectivity index (χ0n) is 12.7. The van der Waals surface area contributed by atoms with E-state index in [1.807, 2.05) is 0 Å². The minimum absolute atomic E-state index is 0.211. The number of carbonyl (C=O) groups excluding carboxylic acids is 1. The van der Waals surface area contributed by atoms with Gasteiger partial charge in [-0.15, -0.1) is 0 Å². The molecule has 3 rings (SSSR count). The summed E-state index contributed by atoms with van der Waals surface area (Å²) in [5, 5.41) is 0.829. The number of benzene rings is 2. The third-order valence-electron chi connectivity index (χ3n) is 3.37. The Bertz CT molecular complexity index is 961. The number of halogens is 1. The summed E-state index contributed by atoms with van der Waals surface area (Å²) in [6.07, 6.45) is 0.534. The Labute approximate surface area is 142 Å². The molecule has 0 atom stereocenters. The summed E-state index contributed by atoms with van der Waals surface area (Å²) in [6.45, 7) is 1.89. The van der Waals surface area contributed by atoms with Crippen LogP contribution in [0.2, 0.25) is 5.02 Å². The van der Waals surface area contributed by atoms with E-state index in [4.69, 9.17) is 25.5 Å². The van der Waals surface area contributed by atoms with Gasteiger partial charge in [0.25, 0.3) is 0 Å². The first-order chi connectivity index (χ1) is 11.6. The first kappa shape index (κ1) is 16.1. The Morgan fingerprint density at radius 2 is 1.96 bits per heavy atom. The fraction of sp³-hybridized carbons (Fsp3) is 0.111. The van der Waals surface area contributed by atoms with Crippen LogP contribution in [0.5, 0.6) is 5.75 Å². The lowest BCUT2D eigenvalue weighted by Gasteiger charge is -2.07. The molecule has 0 bridgehead atoms. The van der Waals surface area contributed by atoms with Crippen molar-refractivity contribution in [2.24, 2.45) is 0 Å². The second kappa shape index (κ2) is 6.76. The zero-order valence-corrected chi connectivity index (χ0v) is 13.5. The van der Waals surface area contributed by atoms with E-state index in [9.17, 15) is 9.59 Å². The van der Waals surface area contributed by atoms with Crippen LogP contribution >= 0.6 is 11.6 Å². The fourth-order valence-electron chi connectivity index (χ4n) is 2.28. The van der Waals surface area contributed by atoms with Gasteiger partial charge in [0.05, 0.1) is 17.6 Å². The predicted octanol–water partition coefficient (Wildman–Crippen LogP) is 4.65. The predicted molar refractivity (Wildman–Crippen MR) is 90.6 cm³/mol. The monoisotopic (exact) mass is 344 g/mol. The number of ether oxygens (including phenoxy) is 2. The molecule has 122 valence electrons. The Kier molecular flexibility index (Phi) is 4.53. The van der Waals surface area contributed by atoms with Gasteiger partial charge in [-0.2, -0.15) is 0 Å². The lowest BCUT2D eigenvalue weighted by molar-refractivity contribution is 0.104. The summed E-state index contributed by atoms with van der Waals surface area (Å²) >= 11 is 6.14. The van der Waals surface area contributed by atoms with Gasteiger partial charge in [-0.3, -0.25) is 4.79 Å². The highest BCUT2D eigenvalue weighted by Crippen LogP contribution is 2.27. The number of carbonyl (C=O) groups is 1. The maximum absolute atomic E-state index is 12.7. The molecule has 0 amide bonds. The maximum atomic E-state index is 12.7. The van der Waals surface area contributed by atoms with Crippen LogP contribution in [0.25, 0.3) is 22.1 Å². The Balaban J connectivity index is 2.03. The summed E-state index contributed by atoms with van der Waals surface area (Å²) in [7, 11) is 0. The topological polar surface area (TPSA) is 65.7 Å². The first-order valence-electron chi connectivity index (χ1n) is 7.25. The highest BCUT2D eigenvalue weighted by molar-refractivity contribution is 6.33. The SMILES string of the molecule is CCOC(=O)Oc1ccc2c(=O)c(-c3ccccc3Cl)coc2c1. The molecule has 0 unspecified atom stereocenters. The van der Waals surface area contributed by atoms with Crippen molar-refractivity contribution >= 4 is 28.7 Å². The molecular weight excluding hydrogens is 332 g/mol. The lowest BCUT2D eigenvalue weighted by atomic mass is 10.1. The number of rotatable bonds is 3. The van der Waals surface area contributed by atoms with Crippen molar-refractivity contribution in [1.29, 1.82) is 0 Å². The molecule has 0 aliphatic carbocycles. The van der Waals surface area contributed by atoms with E-state index in [-0.39, 0.29) is 17.8 Å². The van der Waals surface area contributed by atoms with Gasteiger partial charge in [0.15, 0.2) is 0 Å². The van der Waals surface area contributed by atoms with Crippen LogP contribution in [0, 0.1) is 0 Å². The maximum Gasteiger partial charge on any atom is 0.513 e. The quantitative estimate of drug-likeness (QED) is 0.511. The lowest BCUT2D eigenvalue weighted by Crippen LogP contribution is -2.10. The van der Waals surface area contributed by atoms with E-state index >= 15 is 0 Å². The molecule has 0 spiro atoms. The average molecular weight is 345 g/mol. The molecule has 2 aromatic carbocycles. The first-order valence-corrected chi connectivity index (χ1v) is 7.63. The van der Waals surface area contributed by atoms with Gasteiger partial charge < -0.3 is 13.9 Å². The van der Waals surface area contributed by atoms with Crippen LogP contribution < -0.4 is 10.2 Å². The molecule has 0 radical (unpaired) electrons. The molecule has 24 heavy (non-hydrogen) atoms. The van der Waals surface area contributed by atoms with E-state index in [0.717, 1.165) is 0 Å². The van der Waals surface area contributed by atoms with Crippen LogP contribution in [0.3, 0.4) is 0 Å². The van der Waals surface area contributed by atoms with Crippen molar-refractivity contribution in [2.45, 2.75) is 6.92 Å². The number of fused-ring (bicyclic) bond motifs is 1. The van der Waals surface area contributed by atoms with Gasteiger partial charge in [-0.05, 0) is 25.1 Å². The molecular formula is C18H13ClO5. The average Bonchev–Trinajstić information content (AvgIpc) is 2.56. The van der Waals surface area contributed by atoms with E-state index in [1.165, 1.54) is 24.5 Å². The van der Waals surface area contributed by atoms with E-state index in [1.54, 1.807) is 31.2 Å². The van der Waals surface area contributed by atoms with Gasteiger partial charge in [0, 0.05) is 16.7 Å². The molecule has 0 fully saturated rings. The largest absolute Gasteiger partial charge is 0.513 e. The van der Waals surface area contributed by atoms with Crippen LogP contribution in [-0.2, 0) is 4.74 Å². The van der Waals surface area contributed by atoms with Crippen molar-refractivity contribution in [1.82, 2.24) is 0 Å². The van der Waals surface area contributed by atoms with Crippen LogP contribution in [0.4, 0.5) is 4.79 Å². The Hall–Kier alpha value is -2.79. The van der Waals surface area contributed by atoms with Crippen molar-refractivity contribution in [3.8, 4) is 16.9 Å². The third kappa shape index (κ3) is 3.12. The minimum atomic E-state index is -0.813. The summed E-state index contributed by atoms with van der Waals surface area (Å²) in [4.78, 5) is 24.0. The van der Waals surface area contributed by atoms with Gasteiger partial charge in [0.2, 0.25) is 5.43 Å². The highest BCUT2D eigenvalue weighted by Gasteiger charge is 2.13. The summed E-state index contributed by atoms with van der Waals surface area (Å²) in [6, 6.07) is 11.5. The van der Waals surface area contributed by atoms with Crippen molar-refractivity contribution < 1.29 is 18.7 Å². The summed E-state index contributed by atoms with van der Waals surface area (Å²) in [5.41, 5.74) is 1.05. The van der Waals surface area contributed by atoms with Crippen molar-refractivity contribution in [3.63, 3.8) is 0 Å². The molecule has 6 heteroatoms. The molecule has 1 aromatic heterocycles. The van der Waals surface area contributed by atoms with E-state index in [2.05, 4.69) is 0 Å². The molecule has 1 heterocycles. The summed E-state index contributed by atoms with van der Waals surface area (Å²) < 4.78 is 15.2. The van der Waals surface area contributed by atoms with E-state index in [0.29, 0.717) is 27.1 Å². The second-order valence-electron chi connectivity index (χ2n) is 4.90. The molecule has 0 N–H and O–H groups in total. The fourth-order valence-corrected chi connectivity index (χ4v) is 2.52. The zero-order chi connectivity index (χ0) is 17.1. The normalized spacial score (nSPS) is 10.6. The molecule has 0 saturated carbocycles. The van der Waals surface area contributed by atoms with Crippen molar-refractivity contribution in [2.75, 3.05) is 6.61 Å². The van der Waals surface area contributed by atoms with Crippen LogP contribution in [0.1, 0.15) is 6.92 Å². The van der Waals surface area contributed by atoms with Crippen LogP contribution in [-0.4, -0.2) is 12.8 Å². The smallest absolute Gasteiger partial charge is 0.463 e. The molecule has 0 aliphatic rings. The van der Waals surface area contributed by atoms with Gasteiger partial charge in [0.1, 0.15) is 17.6 Å². The highest BCUT2D eigenvalue weighted by atomic mass is 35.5. The molecule has 0 saturated heterocycles. The Morgan fingerprint density at radius 3 is 2.71 bits per heavy atom. The number of hydrogen-bond donors (Lipinski definition) is 0. The van der Waals surface area contributed by atoms with Gasteiger partial charge in [-0.25, -0.2) is 4.79 Å². The minimum Gasteiger partial charge on any atom is -0.463 e. The Morgan fingerprint density at radius 1 is 1.17 bits per heavy atom. The van der Waals surface area contributed by atoms with Crippen molar-refractivity contribution in [3.05, 3.63) is 64.0 Å². The van der Waals surface area contributed by atoms with E-state index < -0.39 is 6.16 Å². The van der Waals surface area contributed by atoms with Gasteiger partial charge >= 0.3 is 6.16 Å². The van der Waals surface area contributed by atoms with Crippen LogP contribution in [0.15, 0.2) is 57.9 Å². The standard InChI is InChI=1S/C18H13ClO5/c1-2-22-18(21)24-11-7-8-13-16(9-11)23-10-14(17(13)20)12-5-3-4-6-15(12)19/h3-10H,2H2,1H3. The second-order valence-corrected chi connectivity index (χ2v) is 5.31.